The molecular formula is C19H24ClN3O2S. The minimum atomic E-state index is -0.0103. The molecular weight excluding hydrogens is 370 g/mol. The number of likely N-dealkylation sites (tertiary alicyclic amines) is 1. The summed E-state index contributed by atoms with van der Waals surface area (Å²) >= 11 is 1.71. The quantitative estimate of drug-likeness (QED) is 0.767. The molecule has 0 aliphatic carbocycles. The van der Waals surface area contributed by atoms with Crippen molar-refractivity contribution in [1.29, 1.82) is 0 Å². The van der Waals surface area contributed by atoms with Gasteiger partial charge in [0, 0.05) is 41.7 Å². The third kappa shape index (κ3) is 5.22. The van der Waals surface area contributed by atoms with Gasteiger partial charge in [-0.15, -0.1) is 23.7 Å². The summed E-state index contributed by atoms with van der Waals surface area (Å²) in [5.74, 6) is 0.0877. The van der Waals surface area contributed by atoms with Crippen LogP contribution in [0.25, 0.3) is 0 Å². The minimum absolute atomic E-state index is 0. The molecule has 0 radical (unpaired) electrons. The lowest BCUT2D eigenvalue weighted by Crippen LogP contribution is -2.43. The number of rotatable bonds is 5. The van der Waals surface area contributed by atoms with E-state index in [0.29, 0.717) is 43.7 Å². The Bertz CT molecular complexity index is 728. The summed E-state index contributed by atoms with van der Waals surface area (Å²) in [7, 11) is 0. The molecule has 140 valence electrons. The van der Waals surface area contributed by atoms with Gasteiger partial charge in [-0.25, -0.2) is 0 Å². The molecule has 1 fully saturated rings. The molecule has 1 saturated heterocycles. The van der Waals surface area contributed by atoms with Gasteiger partial charge in [0.2, 0.25) is 5.91 Å². The summed E-state index contributed by atoms with van der Waals surface area (Å²) < 4.78 is 0. The average Bonchev–Trinajstić information content (AvgIpc) is 3.14. The standard InChI is InChI=1S/C19H23N3O2S.ClH/c20-16-4-1-3-15(13-16)19(24)22-10-7-14(8-11-22)18(23)21-9-6-17-5-2-12-25-17;/h1-5,12-14H,6-11,20H2,(H,21,23);1H. The van der Waals surface area contributed by atoms with Crippen LogP contribution in [0.15, 0.2) is 41.8 Å². The van der Waals surface area contributed by atoms with E-state index in [4.69, 9.17) is 5.73 Å². The molecule has 1 aliphatic heterocycles. The Labute approximate surface area is 164 Å². The van der Waals surface area contributed by atoms with Gasteiger partial charge in [0.05, 0.1) is 0 Å². The van der Waals surface area contributed by atoms with Crippen molar-refractivity contribution in [1.82, 2.24) is 10.2 Å². The summed E-state index contributed by atoms with van der Waals surface area (Å²) in [6, 6.07) is 11.1. The molecule has 3 N–H and O–H groups in total. The highest BCUT2D eigenvalue weighted by atomic mass is 35.5. The van der Waals surface area contributed by atoms with Crippen molar-refractivity contribution in [3.05, 3.63) is 52.2 Å². The van der Waals surface area contributed by atoms with E-state index in [1.165, 1.54) is 4.88 Å². The van der Waals surface area contributed by atoms with Gasteiger partial charge in [0.15, 0.2) is 0 Å². The SMILES string of the molecule is Cl.Nc1cccc(C(=O)N2CCC(C(=O)NCCc3cccs3)CC2)c1. The Balaban J connectivity index is 0.00000243. The molecule has 3 rings (SSSR count). The van der Waals surface area contributed by atoms with Crippen LogP contribution in [0, 0.1) is 5.92 Å². The number of nitrogens with one attached hydrogen (secondary N) is 1. The van der Waals surface area contributed by atoms with Crippen LogP contribution in [0.2, 0.25) is 0 Å². The van der Waals surface area contributed by atoms with Crippen molar-refractivity contribution in [2.75, 3.05) is 25.4 Å². The number of nitrogens with zero attached hydrogens (tertiary/aromatic N) is 1. The molecule has 2 amide bonds. The number of hydrogen-bond acceptors (Lipinski definition) is 4. The van der Waals surface area contributed by atoms with Gasteiger partial charge in [0.25, 0.3) is 5.91 Å². The summed E-state index contributed by atoms with van der Waals surface area (Å²) in [5, 5.41) is 5.07. The lowest BCUT2D eigenvalue weighted by molar-refractivity contribution is -0.126. The molecule has 0 saturated carbocycles. The van der Waals surface area contributed by atoms with Crippen molar-refractivity contribution in [3.8, 4) is 0 Å². The highest BCUT2D eigenvalue weighted by Gasteiger charge is 2.27. The number of amides is 2. The molecule has 0 atom stereocenters. The van der Waals surface area contributed by atoms with Gasteiger partial charge in [-0.1, -0.05) is 12.1 Å². The molecule has 7 heteroatoms. The predicted octanol–water partition coefficient (Wildman–Crippen LogP) is 2.96. The molecule has 1 aromatic heterocycles. The Kier molecular flexibility index (Phi) is 7.48. The van der Waals surface area contributed by atoms with E-state index in [1.807, 2.05) is 16.3 Å². The first-order valence-electron chi connectivity index (χ1n) is 8.58. The number of piperidine rings is 1. The van der Waals surface area contributed by atoms with E-state index in [0.717, 1.165) is 6.42 Å². The van der Waals surface area contributed by atoms with E-state index in [2.05, 4.69) is 11.4 Å². The van der Waals surface area contributed by atoms with Gasteiger partial charge >= 0.3 is 0 Å². The van der Waals surface area contributed by atoms with Gasteiger partial charge in [-0.05, 0) is 48.9 Å². The first-order chi connectivity index (χ1) is 12.1. The van der Waals surface area contributed by atoms with Crippen LogP contribution in [0.3, 0.4) is 0 Å². The first-order valence-corrected chi connectivity index (χ1v) is 9.46. The van der Waals surface area contributed by atoms with Crippen molar-refractivity contribution in [2.24, 2.45) is 5.92 Å². The number of nitrogen functional groups attached to an aromatic ring is 1. The van der Waals surface area contributed by atoms with Crippen molar-refractivity contribution in [2.45, 2.75) is 19.3 Å². The Morgan fingerprint density at radius 1 is 1.19 bits per heavy atom. The van der Waals surface area contributed by atoms with Crippen molar-refractivity contribution in [3.63, 3.8) is 0 Å². The fourth-order valence-electron chi connectivity index (χ4n) is 3.11. The minimum Gasteiger partial charge on any atom is -0.399 e. The Morgan fingerprint density at radius 3 is 2.62 bits per heavy atom. The number of carbonyl (C=O) groups is 2. The summed E-state index contributed by atoms with van der Waals surface area (Å²) in [6.07, 6.45) is 2.29. The molecule has 1 aromatic carbocycles. The fraction of sp³-hybridized carbons (Fsp3) is 0.368. The van der Waals surface area contributed by atoms with Gasteiger partial charge in [0.1, 0.15) is 0 Å². The van der Waals surface area contributed by atoms with E-state index in [-0.39, 0.29) is 30.1 Å². The third-order valence-electron chi connectivity index (χ3n) is 4.54. The second kappa shape index (κ2) is 9.59. The normalized spacial score (nSPS) is 14.5. The molecule has 2 heterocycles. The largest absolute Gasteiger partial charge is 0.399 e. The van der Waals surface area contributed by atoms with Crippen molar-refractivity contribution < 1.29 is 9.59 Å². The maximum atomic E-state index is 12.5. The number of anilines is 1. The third-order valence-corrected chi connectivity index (χ3v) is 5.47. The monoisotopic (exact) mass is 393 g/mol. The maximum Gasteiger partial charge on any atom is 0.253 e. The molecule has 5 nitrogen and oxygen atoms in total. The topological polar surface area (TPSA) is 75.4 Å². The predicted molar refractivity (Wildman–Crippen MR) is 108 cm³/mol. The number of carbonyl (C=O) groups excluding carboxylic acids is 2. The van der Waals surface area contributed by atoms with Crippen LogP contribution in [-0.2, 0) is 11.2 Å². The lowest BCUT2D eigenvalue weighted by atomic mass is 9.95. The Hall–Kier alpha value is -2.05. The number of benzene rings is 1. The summed E-state index contributed by atoms with van der Waals surface area (Å²) in [4.78, 5) is 27.9. The van der Waals surface area contributed by atoms with E-state index >= 15 is 0 Å². The van der Waals surface area contributed by atoms with Crippen LogP contribution in [-0.4, -0.2) is 36.3 Å². The molecule has 0 unspecified atom stereocenters. The molecule has 2 aromatic rings. The number of halogens is 1. The van der Waals surface area contributed by atoms with Crippen LogP contribution in [0.1, 0.15) is 28.1 Å². The van der Waals surface area contributed by atoms with Gasteiger partial charge in [-0.3, -0.25) is 9.59 Å². The second-order valence-corrected chi connectivity index (χ2v) is 7.34. The lowest BCUT2D eigenvalue weighted by Gasteiger charge is -2.31. The molecule has 26 heavy (non-hydrogen) atoms. The van der Waals surface area contributed by atoms with Crippen molar-refractivity contribution >= 4 is 41.2 Å². The zero-order valence-electron chi connectivity index (χ0n) is 14.5. The average molecular weight is 394 g/mol. The zero-order valence-corrected chi connectivity index (χ0v) is 16.2. The molecule has 1 aliphatic rings. The maximum absolute atomic E-state index is 12.5. The number of thiophene rings is 1. The zero-order chi connectivity index (χ0) is 17.6. The highest BCUT2D eigenvalue weighted by molar-refractivity contribution is 7.09. The smallest absolute Gasteiger partial charge is 0.253 e. The summed E-state index contributed by atoms with van der Waals surface area (Å²) in [6.45, 7) is 1.88. The van der Waals surface area contributed by atoms with Crippen LogP contribution < -0.4 is 11.1 Å². The van der Waals surface area contributed by atoms with Crippen LogP contribution in [0.5, 0.6) is 0 Å². The first kappa shape index (κ1) is 20.3. The summed E-state index contributed by atoms with van der Waals surface area (Å²) in [5.41, 5.74) is 6.95. The van der Waals surface area contributed by atoms with E-state index in [9.17, 15) is 9.59 Å². The number of hydrogen-bond donors (Lipinski definition) is 2. The fourth-order valence-corrected chi connectivity index (χ4v) is 3.82. The number of nitrogens with two attached hydrogens (primary N) is 1. The van der Waals surface area contributed by atoms with E-state index in [1.54, 1.807) is 35.6 Å². The molecule has 0 bridgehead atoms. The van der Waals surface area contributed by atoms with Gasteiger partial charge < -0.3 is 16.0 Å². The Morgan fingerprint density at radius 2 is 1.96 bits per heavy atom. The van der Waals surface area contributed by atoms with E-state index < -0.39 is 0 Å². The van der Waals surface area contributed by atoms with Crippen LogP contribution in [0.4, 0.5) is 5.69 Å². The highest BCUT2D eigenvalue weighted by Crippen LogP contribution is 2.20. The van der Waals surface area contributed by atoms with Crippen LogP contribution >= 0.6 is 23.7 Å². The molecule has 0 spiro atoms. The van der Waals surface area contributed by atoms with Gasteiger partial charge in [-0.2, -0.15) is 0 Å². The second-order valence-electron chi connectivity index (χ2n) is 6.31.